The van der Waals surface area contributed by atoms with Gasteiger partial charge in [0.05, 0.1) is 28.0 Å². The van der Waals surface area contributed by atoms with Gasteiger partial charge < -0.3 is 28.1 Å². The van der Waals surface area contributed by atoms with Gasteiger partial charge in [-0.1, -0.05) is 166 Å². The molecular formula is C65H78B2O6. The molecule has 6 nitrogen and oxygen atoms in total. The quantitative estimate of drug-likeness (QED) is 0.0900. The molecule has 2 aliphatic carbocycles. The van der Waals surface area contributed by atoms with Crippen molar-refractivity contribution in [1.29, 1.82) is 0 Å². The molecular weight excluding hydrogens is 898 g/mol. The van der Waals surface area contributed by atoms with Gasteiger partial charge in [0, 0.05) is 7.11 Å². The fourth-order valence-corrected chi connectivity index (χ4v) is 11.9. The first-order chi connectivity index (χ1) is 34.6. The molecule has 4 aliphatic rings. The first kappa shape index (κ1) is 51.7. The Morgan fingerprint density at radius 2 is 0.562 bits per heavy atom. The molecule has 2 aliphatic heterocycles. The van der Waals surface area contributed by atoms with Crippen LogP contribution in [0.5, 0.6) is 0 Å². The maximum Gasteiger partial charge on any atom is 0.494 e. The maximum absolute atomic E-state index is 6.62. The molecule has 0 bridgehead atoms. The Kier molecular flexibility index (Phi) is 13.5. The molecule has 2 saturated carbocycles. The Hall–Kier alpha value is -4.79. The zero-order chi connectivity index (χ0) is 51.7. The van der Waals surface area contributed by atoms with Gasteiger partial charge in [-0.25, -0.2) is 0 Å². The summed E-state index contributed by atoms with van der Waals surface area (Å²) in [5.74, 6) is 0. The molecule has 10 rings (SSSR count). The van der Waals surface area contributed by atoms with E-state index >= 15 is 0 Å². The fourth-order valence-electron chi connectivity index (χ4n) is 11.9. The average molecular weight is 977 g/mol. The highest BCUT2D eigenvalue weighted by Gasteiger charge is 2.53. The molecule has 0 N–H and O–H groups in total. The Bertz CT molecular complexity index is 2820. The molecule has 6 aromatic carbocycles. The van der Waals surface area contributed by atoms with E-state index < -0.39 is 5.60 Å². The topological polar surface area (TPSA) is 55.4 Å². The lowest BCUT2D eigenvalue weighted by atomic mass is 9.60. The van der Waals surface area contributed by atoms with Gasteiger partial charge >= 0.3 is 14.2 Å². The molecule has 0 aromatic heterocycles. The molecule has 2 heterocycles. The Labute approximate surface area is 438 Å². The lowest BCUT2D eigenvalue weighted by Gasteiger charge is -2.45. The second kappa shape index (κ2) is 19.1. The second-order valence-electron chi connectivity index (χ2n) is 25.0. The number of rotatable bonds is 12. The lowest BCUT2D eigenvalue weighted by molar-refractivity contribution is -0.156. The van der Waals surface area contributed by atoms with Crippen molar-refractivity contribution in [3.63, 3.8) is 0 Å². The Morgan fingerprint density at radius 1 is 0.329 bits per heavy atom. The van der Waals surface area contributed by atoms with Gasteiger partial charge in [-0.3, -0.25) is 0 Å². The second-order valence-corrected chi connectivity index (χ2v) is 25.0. The number of hydrogen-bond acceptors (Lipinski definition) is 6. The SMILES string of the molecule is COCOC1(c2ccc(-c3ccc(-c4ccc(-c5ccc(C6(C)CCC(C)(c7ccc(B8OC(C)(C)C(C)(C)O8)cc7)CC6)cc5)cc4)cc3)cc2)CCC(C)(c2ccc(B3OC(C)(C)C(C)(C)O3)cc2)CC1. The molecule has 0 amide bonds. The van der Waals surface area contributed by atoms with Crippen LogP contribution in [0.25, 0.3) is 33.4 Å². The highest BCUT2D eigenvalue weighted by Crippen LogP contribution is 2.51. The van der Waals surface area contributed by atoms with Crippen LogP contribution in [0.15, 0.2) is 146 Å². The standard InChI is InChI=1S/C65H78B2O6/c1-58(2)59(3,4)71-66(70-58)56-33-29-53(30-34-56)63(10)39-37-62(9,38-40-63)52-25-21-50(22-26-52)48-17-13-46(14-18-48)47-15-19-49(20-16-47)51-23-27-55(28-24-51)65(69-45-68-12)43-41-64(11,42-44-65)54-31-35-57(36-32-54)67-72-60(5,6)61(7,8)73-67/h13-36H,37-45H2,1-12H3. The summed E-state index contributed by atoms with van der Waals surface area (Å²) in [5.41, 5.74) is 13.4. The summed E-state index contributed by atoms with van der Waals surface area (Å²) in [7, 11) is 1.03. The van der Waals surface area contributed by atoms with Gasteiger partial charge in [0.15, 0.2) is 0 Å². The monoisotopic (exact) mass is 977 g/mol. The molecule has 2 saturated heterocycles. The summed E-state index contributed by atoms with van der Waals surface area (Å²) < 4.78 is 37.5. The van der Waals surface area contributed by atoms with Gasteiger partial charge in [0.1, 0.15) is 6.79 Å². The number of ether oxygens (including phenoxy) is 2. The normalized spacial score (nSPS) is 27.3. The van der Waals surface area contributed by atoms with Crippen molar-refractivity contribution in [1.82, 2.24) is 0 Å². The first-order valence-corrected chi connectivity index (χ1v) is 27.0. The molecule has 73 heavy (non-hydrogen) atoms. The highest BCUT2D eigenvalue weighted by atomic mass is 16.7. The van der Waals surface area contributed by atoms with Gasteiger partial charge in [0.25, 0.3) is 0 Å². The van der Waals surface area contributed by atoms with Crippen molar-refractivity contribution in [3.05, 3.63) is 168 Å². The van der Waals surface area contributed by atoms with E-state index in [-0.39, 0.29) is 59.7 Å². The molecule has 8 heteroatoms. The minimum atomic E-state index is -0.404. The van der Waals surface area contributed by atoms with Crippen LogP contribution in [0.2, 0.25) is 0 Å². The van der Waals surface area contributed by atoms with Gasteiger partial charge in [-0.15, -0.1) is 0 Å². The van der Waals surface area contributed by atoms with Crippen LogP contribution in [-0.4, -0.2) is 50.5 Å². The maximum atomic E-state index is 6.62. The van der Waals surface area contributed by atoms with Crippen LogP contribution >= 0.6 is 0 Å². The lowest BCUT2D eigenvalue weighted by Crippen LogP contribution is -2.41. The van der Waals surface area contributed by atoms with Crippen molar-refractivity contribution < 1.29 is 28.1 Å². The molecule has 4 fully saturated rings. The predicted molar refractivity (Wildman–Crippen MR) is 301 cm³/mol. The first-order valence-electron chi connectivity index (χ1n) is 27.0. The van der Waals surface area contributed by atoms with Crippen molar-refractivity contribution in [2.75, 3.05) is 13.9 Å². The molecule has 0 spiro atoms. The Morgan fingerprint density at radius 3 is 0.836 bits per heavy atom. The van der Waals surface area contributed by atoms with E-state index in [2.05, 4.69) is 222 Å². The fraction of sp³-hybridized carbons (Fsp3) is 0.446. The summed E-state index contributed by atoms with van der Waals surface area (Å²) in [6, 6.07) is 54.4. The van der Waals surface area contributed by atoms with Gasteiger partial charge in [-0.2, -0.15) is 0 Å². The third kappa shape index (κ3) is 9.86. The number of hydrogen-bond donors (Lipinski definition) is 0. The van der Waals surface area contributed by atoms with Crippen LogP contribution in [0.3, 0.4) is 0 Å². The molecule has 0 atom stereocenters. The van der Waals surface area contributed by atoms with E-state index in [0.717, 1.165) is 62.3 Å². The molecule has 380 valence electrons. The van der Waals surface area contributed by atoms with E-state index in [1.165, 1.54) is 55.6 Å². The van der Waals surface area contributed by atoms with Crippen LogP contribution in [0.4, 0.5) is 0 Å². The van der Waals surface area contributed by atoms with Crippen LogP contribution in [0.1, 0.15) is 150 Å². The summed E-state index contributed by atoms with van der Waals surface area (Å²) in [6.07, 6.45) is 8.47. The third-order valence-electron chi connectivity index (χ3n) is 19.1. The highest BCUT2D eigenvalue weighted by molar-refractivity contribution is 6.62. The molecule has 6 aromatic rings. The number of benzene rings is 6. The predicted octanol–water partition coefficient (Wildman–Crippen LogP) is 14.4. The van der Waals surface area contributed by atoms with E-state index in [4.69, 9.17) is 28.1 Å². The third-order valence-corrected chi connectivity index (χ3v) is 19.1. The summed E-state index contributed by atoms with van der Waals surface area (Å²) in [5, 5.41) is 0. The van der Waals surface area contributed by atoms with Crippen LogP contribution in [0, 0.1) is 0 Å². The summed E-state index contributed by atoms with van der Waals surface area (Å²) >= 11 is 0. The number of methoxy groups -OCH3 is 1. The van der Waals surface area contributed by atoms with Crippen LogP contribution < -0.4 is 10.9 Å². The smallest absolute Gasteiger partial charge is 0.399 e. The van der Waals surface area contributed by atoms with E-state index in [1.54, 1.807) is 7.11 Å². The zero-order valence-electron chi connectivity index (χ0n) is 45.8. The van der Waals surface area contributed by atoms with Crippen molar-refractivity contribution in [2.24, 2.45) is 0 Å². The van der Waals surface area contributed by atoms with Gasteiger partial charge in [0.2, 0.25) is 0 Å². The minimum Gasteiger partial charge on any atom is -0.399 e. The average Bonchev–Trinajstić information content (AvgIpc) is 3.76. The van der Waals surface area contributed by atoms with Crippen molar-refractivity contribution in [2.45, 2.75) is 172 Å². The summed E-state index contributed by atoms with van der Waals surface area (Å²) in [4.78, 5) is 0. The van der Waals surface area contributed by atoms with E-state index in [1.807, 2.05) is 0 Å². The minimum absolute atomic E-state index is 0.0361. The summed E-state index contributed by atoms with van der Waals surface area (Å²) in [6.45, 7) is 24.4. The Balaban J connectivity index is 0.742. The van der Waals surface area contributed by atoms with Crippen molar-refractivity contribution in [3.8, 4) is 33.4 Å². The largest absolute Gasteiger partial charge is 0.494 e. The van der Waals surface area contributed by atoms with E-state index in [0.29, 0.717) is 0 Å². The van der Waals surface area contributed by atoms with E-state index in [9.17, 15) is 0 Å². The van der Waals surface area contributed by atoms with Crippen LogP contribution in [-0.2, 0) is 49.9 Å². The molecule has 0 unspecified atom stereocenters. The molecule has 0 radical (unpaired) electrons. The van der Waals surface area contributed by atoms with Crippen molar-refractivity contribution >= 4 is 25.2 Å². The zero-order valence-corrected chi connectivity index (χ0v) is 45.8. The van der Waals surface area contributed by atoms with Gasteiger partial charge in [-0.05, 0) is 190 Å².